The molecular formula is C16H18O3S2Se. The predicted octanol–water partition coefficient (Wildman–Crippen LogP) is 3.07. The molecule has 1 atom stereocenters. The van der Waals surface area contributed by atoms with E-state index in [0.29, 0.717) is 5.25 Å². The van der Waals surface area contributed by atoms with E-state index in [4.69, 9.17) is 3.27 Å². The molecule has 0 saturated heterocycles. The first-order chi connectivity index (χ1) is 10.4. The summed E-state index contributed by atoms with van der Waals surface area (Å²) in [6, 6.07) is 14.5. The summed E-state index contributed by atoms with van der Waals surface area (Å²) in [4.78, 5) is 0.204. The average molecular weight is 401 g/mol. The molecule has 3 nitrogen and oxygen atoms in total. The Morgan fingerprint density at radius 2 is 1.73 bits per heavy atom. The van der Waals surface area contributed by atoms with Crippen LogP contribution in [0.1, 0.15) is 23.3 Å². The number of rotatable bonds is 6. The summed E-state index contributed by atoms with van der Waals surface area (Å²) in [5, 5.41) is 0.309. The Morgan fingerprint density at radius 1 is 1.09 bits per heavy atom. The molecule has 2 aromatic carbocycles. The molecule has 0 saturated carbocycles. The van der Waals surface area contributed by atoms with E-state index in [1.807, 2.05) is 37.4 Å². The molecule has 0 N–H and O–H groups in total. The minimum absolute atomic E-state index is 0.204. The molecule has 0 heterocycles. The molecule has 0 aliphatic heterocycles. The second-order valence-corrected chi connectivity index (χ2v) is 9.66. The van der Waals surface area contributed by atoms with Crippen molar-refractivity contribution >= 4 is 41.6 Å². The van der Waals surface area contributed by atoms with Gasteiger partial charge in [0.25, 0.3) is 0 Å². The van der Waals surface area contributed by atoms with Gasteiger partial charge in [0.15, 0.2) is 0 Å². The standard InChI is InChI=1S/C16H18O3S2Se/c1-12-8-10-14(11-9-12)21(17,18)19-22-16-7-5-4-6-15(16)13(2)20-3/h4-11,13H,1-3H3/t13-/m0/s1. The van der Waals surface area contributed by atoms with Crippen molar-refractivity contribution < 1.29 is 11.7 Å². The molecule has 0 radical (unpaired) electrons. The van der Waals surface area contributed by atoms with Crippen LogP contribution in [-0.2, 0) is 13.4 Å². The molecule has 118 valence electrons. The minimum atomic E-state index is -3.70. The van der Waals surface area contributed by atoms with E-state index in [0.717, 1.165) is 15.6 Å². The third kappa shape index (κ3) is 4.37. The first kappa shape index (κ1) is 17.6. The van der Waals surface area contributed by atoms with Crippen molar-refractivity contribution in [1.29, 1.82) is 0 Å². The van der Waals surface area contributed by atoms with Gasteiger partial charge in [-0.15, -0.1) is 0 Å². The van der Waals surface area contributed by atoms with Crippen molar-refractivity contribution in [2.24, 2.45) is 0 Å². The summed E-state index contributed by atoms with van der Waals surface area (Å²) in [5.74, 6) is 0. The Bertz CT molecular complexity index is 727. The summed E-state index contributed by atoms with van der Waals surface area (Å²) in [6.45, 7) is 4.02. The number of hydrogen-bond donors (Lipinski definition) is 0. The van der Waals surface area contributed by atoms with Crippen molar-refractivity contribution in [3.63, 3.8) is 0 Å². The second-order valence-electron chi connectivity index (χ2n) is 4.83. The SMILES string of the molecule is CS[C@@H](C)c1ccccc1[Se]OS(=O)(=O)c1ccc(C)cc1. The molecule has 22 heavy (non-hydrogen) atoms. The van der Waals surface area contributed by atoms with Crippen molar-refractivity contribution in [3.05, 3.63) is 59.7 Å². The molecule has 0 spiro atoms. The van der Waals surface area contributed by atoms with Gasteiger partial charge in [0.2, 0.25) is 0 Å². The monoisotopic (exact) mass is 402 g/mol. The van der Waals surface area contributed by atoms with Gasteiger partial charge in [-0.05, 0) is 0 Å². The van der Waals surface area contributed by atoms with Crippen LogP contribution in [-0.4, -0.2) is 30.0 Å². The van der Waals surface area contributed by atoms with Crippen molar-refractivity contribution in [3.8, 4) is 0 Å². The Kier molecular flexibility index (Phi) is 6.12. The third-order valence-corrected chi connectivity index (χ3v) is 8.00. The predicted molar refractivity (Wildman–Crippen MR) is 93.2 cm³/mol. The van der Waals surface area contributed by atoms with Crippen LogP contribution in [0.2, 0.25) is 0 Å². The van der Waals surface area contributed by atoms with Gasteiger partial charge in [-0.1, -0.05) is 0 Å². The first-order valence-electron chi connectivity index (χ1n) is 6.73. The maximum absolute atomic E-state index is 12.3. The van der Waals surface area contributed by atoms with Crippen LogP contribution in [0.15, 0.2) is 53.4 Å². The van der Waals surface area contributed by atoms with Crippen LogP contribution in [0.4, 0.5) is 0 Å². The van der Waals surface area contributed by atoms with E-state index in [1.54, 1.807) is 36.0 Å². The van der Waals surface area contributed by atoms with Crippen LogP contribution in [0, 0.1) is 6.92 Å². The fourth-order valence-electron chi connectivity index (χ4n) is 1.84. The Labute approximate surface area is 143 Å². The van der Waals surface area contributed by atoms with Gasteiger partial charge in [-0.2, -0.15) is 0 Å². The number of thioether (sulfide) groups is 1. The van der Waals surface area contributed by atoms with Crippen molar-refractivity contribution in [2.45, 2.75) is 24.0 Å². The van der Waals surface area contributed by atoms with Crippen molar-refractivity contribution in [2.75, 3.05) is 6.26 Å². The van der Waals surface area contributed by atoms with E-state index < -0.39 is 25.4 Å². The van der Waals surface area contributed by atoms with Gasteiger partial charge in [0, 0.05) is 0 Å². The zero-order valence-electron chi connectivity index (χ0n) is 12.6. The quantitative estimate of drug-likeness (QED) is 0.698. The van der Waals surface area contributed by atoms with E-state index in [1.165, 1.54) is 0 Å². The van der Waals surface area contributed by atoms with Gasteiger partial charge in [-0.25, -0.2) is 0 Å². The van der Waals surface area contributed by atoms with E-state index in [9.17, 15) is 8.42 Å². The molecule has 0 fully saturated rings. The van der Waals surface area contributed by atoms with Crippen LogP contribution in [0.3, 0.4) is 0 Å². The van der Waals surface area contributed by atoms with E-state index >= 15 is 0 Å². The topological polar surface area (TPSA) is 43.4 Å². The van der Waals surface area contributed by atoms with Gasteiger partial charge < -0.3 is 0 Å². The molecule has 0 aromatic heterocycles. The molecule has 2 rings (SSSR count). The van der Waals surface area contributed by atoms with E-state index in [-0.39, 0.29) is 4.90 Å². The van der Waals surface area contributed by atoms with Crippen molar-refractivity contribution in [1.82, 2.24) is 0 Å². The average Bonchev–Trinajstić information content (AvgIpc) is 2.53. The summed E-state index contributed by atoms with van der Waals surface area (Å²) in [5.41, 5.74) is 2.15. The Balaban J connectivity index is 2.17. The summed E-state index contributed by atoms with van der Waals surface area (Å²) >= 11 is 1.15. The summed E-state index contributed by atoms with van der Waals surface area (Å²) < 4.78 is 30.8. The van der Waals surface area contributed by atoms with E-state index in [2.05, 4.69) is 6.92 Å². The van der Waals surface area contributed by atoms with Gasteiger partial charge >= 0.3 is 143 Å². The Morgan fingerprint density at radius 3 is 2.36 bits per heavy atom. The molecule has 0 aliphatic rings. The second kappa shape index (κ2) is 7.66. The molecule has 0 amide bonds. The number of benzene rings is 2. The maximum atomic E-state index is 12.3. The fraction of sp³-hybridized carbons (Fsp3) is 0.250. The molecule has 0 bridgehead atoms. The van der Waals surface area contributed by atoms with Crippen LogP contribution in [0.25, 0.3) is 0 Å². The normalized spacial score (nSPS) is 13.0. The Hall–Kier alpha value is -0.781. The van der Waals surface area contributed by atoms with Crippen LogP contribution in [0.5, 0.6) is 0 Å². The van der Waals surface area contributed by atoms with Crippen LogP contribution >= 0.6 is 11.8 Å². The fourth-order valence-corrected chi connectivity index (χ4v) is 5.70. The first-order valence-corrected chi connectivity index (χ1v) is 11.0. The zero-order valence-corrected chi connectivity index (χ0v) is 16.0. The molecular weight excluding hydrogens is 383 g/mol. The zero-order chi connectivity index (χ0) is 16.2. The summed E-state index contributed by atoms with van der Waals surface area (Å²) in [7, 11) is -3.70. The van der Waals surface area contributed by atoms with Crippen LogP contribution < -0.4 is 4.46 Å². The molecule has 0 unspecified atom stereocenters. The van der Waals surface area contributed by atoms with Gasteiger partial charge in [0.1, 0.15) is 0 Å². The summed E-state index contributed by atoms with van der Waals surface area (Å²) in [6.07, 6.45) is 2.04. The van der Waals surface area contributed by atoms with Gasteiger partial charge in [0.05, 0.1) is 0 Å². The number of aryl methyl sites for hydroxylation is 1. The third-order valence-electron chi connectivity index (χ3n) is 3.23. The van der Waals surface area contributed by atoms with Gasteiger partial charge in [-0.3, -0.25) is 0 Å². The number of hydrogen-bond acceptors (Lipinski definition) is 4. The molecule has 6 heteroatoms. The molecule has 0 aliphatic carbocycles. The molecule has 2 aromatic rings.